The third kappa shape index (κ3) is 4.02. The standard InChI is InChI=1S/C14H20FNO2/c1-10(2)8-16(9-11(3)14(17)18)13-7-5-4-6-12(13)15/h4-7,10-11H,8-9H2,1-3H3,(H,17,18). The van der Waals surface area contributed by atoms with Gasteiger partial charge in [-0.2, -0.15) is 0 Å². The molecule has 0 aliphatic heterocycles. The van der Waals surface area contributed by atoms with Crippen LogP contribution in [0.25, 0.3) is 0 Å². The Morgan fingerprint density at radius 3 is 2.39 bits per heavy atom. The highest BCUT2D eigenvalue weighted by Crippen LogP contribution is 2.21. The highest BCUT2D eigenvalue weighted by atomic mass is 19.1. The van der Waals surface area contributed by atoms with Crippen molar-refractivity contribution in [2.24, 2.45) is 11.8 Å². The van der Waals surface area contributed by atoms with Crippen LogP contribution >= 0.6 is 0 Å². The minimum Gasteiger partial charge on any atom is -0.481 e. The first-order valence-electron chi connectivity index (χ1n) is 6.14. The Morgan fingerprint density at radius 2 is 1.89 bits per heavy atom. The lowest BCUT2D eigenvalue weighted by molar-refractivity contribution is -0.140. The molecule has 0 spiro atoms. The van der Waals surface area contributed by atoms with Crippen molar-refractivity contribution in [1.82, 2.24) is 0 Å². The van der Waals surface area contributed by atoms with Gasteiger partial charge in [-0.25, -0.2) is 4.39 Å². The van der Waals surface area contributed by atoms with Gasteiger partial charge in [-0.15, -0.1) is 0 Å². The lowest BCUT2D eigenvalue weighted by Crippen LogP contribution is -2.35. The molecule has 0 radical (unpaired) electrons. The molecule has 0 saturated carbocycles. The van der Waals surface area contributed by atoms with Crippen LogP contribution in [0.15, 0.2) is 24.3 Å². The summed E-state index contributed by atoms with van der Waals surface area (Å²) in [7, 11) is 0. The van der Waals surface area contributed by atoms with E-state index in [1.807, 2.05) is 13.8 Å². The molecule has 1 atom stereocenters. The molecule has 4 heteroatoms. The molecule has 18 heavy (non-hydrogen) atoms. The molecule has 0 amide bonds. The maximum Gasteiger partial charge on any atom is 0.308 e. The van der Waals surface area contributed by atoms with Gasteiger partial charge in [0.05, 0.1) is 11.6 Å². The molecule has 1 N–H and O–H groups in total. The van der Waals surface area contributed by atoms with Crippen LogP contribution in [0.2, 0.25) is 0 Å². The van der Waals surface area contributed by atoms with E-state index in [0.717, 1.165) is 0 Å². The number of hydrogen-bond donors (Lipinski definition) is 1. The average Bonchev–Trinajstić information content (AvgIpc) is 2.28. The molecule has 0 aliphatic carbocycles. The summed E-state index contributed by atoms with van der Waals surface area (Å²) in [5.41, 5.74) is 0.472. The Hall–Kier alpha value is -1.58. The van der Waals surface area contributed by atoms with Gasteiger partial charge >= 0.3 is 5.97 Å². The first-order chi connectivity index (χ1) is 8.41. The van der Waals surface area contributed by atoms with E-state index in [-0.39, 0.29) is 5.82 Å². The molecule has 100 valence electrons. The van der Waals surface area contributed by atoms with E-state index in [1.54, 1.807) is 30.0 Å². The normalized spacial score (nSPS) is 12.5. The Kier molecular flexibility index (Phi) is 5.13. The summed E-state index contributed by atoms with van der Waals surface area (Å²) in [6.07, 6.45) is 0. The third-order valence-electron chi connectivity index (χ3n) is 2.69. The molecule has 1 rings (SSSR count). The van der Waals surface area contributed by atoms with Gasteiger partial charge in [0.1, 0.15) is 5.82 Å². The van der Waals surface area contributed by atoms with E-state index in [2.05, 4.69) is 0 Å². The Bertz CT molecular complexity index is 407. The van der Waals surface area contributed by atoms with Crippen LogP contribution in [0.5, 0.6) is 0 Å². The molecule has 0 heterocycles. The van der Waals surface area contributed by atoms with Gasteiger partial charge in [-0.05, 0) is 18.1 Å². The average molecular weight is 253 g/mol. The quantitative estimate of drug-likeness (QED) is 0.847. The fourth-order valence-electron chi connectivity index (χ4n) is 1.83. The van der Waals surface area contributed by atoms with Gasteiger partial charge < -0.3 is 10.0 Å². The van der Waals surface area contributed by atoms with Crippen LogP contribution in [0.3, 0.4) is 0 Å². The smallest absolute Gasteiger partial charge is 0.308 e. The topological polar surface area (TPSA) is 40.5 Å². The van der Waals surface area contributed by atoms with Crippen LogP contribution < -0.4 is 4.90 Å². The lowest BCUT2D eigenvalue weighted by Gasteiger charge is -2.28. The lowest BCUT2D eigenvalue weighted by atomic mass is 10.1. The number of para-hydroxylation sites is 1. The summed E-state index contributed by atoms with van der Waals surface area (Å²) in [6.45, 7) is 6.64. The van der Waals surface area contributed by atoms with Gasteiger partial charge in [0.25, 0.3) is 0 Å². The summed E-state index contributed by atoms with van der Waals surface area (Å²) in [4.78, 5) is 12.7. The summed E-state index contributed by atoms with van der Waals surface area (Å²) in [5.74, 6) is -1.36. The molecule has 0 fully saturated rings. The van der Waals surface area contributed by atoms with Crippen LogP contribution in [0.4, 0.5) is 10.1 Å². The van der Waals surface area contributed by atoms with Gasteiger partial charge in [0.15, 0.2) is 0 Å². The molecule has 0 aromatic heterocycles. The van der Waals surface area contributed by atoms with Crippen LogP contribution in [-0.4, -0.2) is 24.2 Å². The number of carboxylic acids is 1. The molecular weight excluding hydrogens is 233 g/mol. The van der Waals surface area contributed by atoms with Crippen molar-refractivity contribution in [3.05, 3.63) is 30.1 Å². The van der Waals surface area contributed by atoms with Gasteiger partial charge in [0, 0.05) is 13.1 Å². The van der Waals surface area contributed by atoms with E-state index < -0.39 is 11.9 Å². The van der Waals surface area contributed by atoms with Gasteiger partial charge in [0.2, 0.25) is 0 Å². The highest BCUT2D eigenvalue weighted by Gasteiger charge is 2.19. The zero-order valence-corrected chi connectivity index (χ0v) is 11.1. The third-order valence-corrected chi connectivity index (χ3v) is 2.69. The van der Waals surface area contributed by atoms with E-state index in [0.29, 0.717) is 24.7 Å². The highest BCUT2D eigenvalue weighted by molar-refractivity contribution is 5.70. The van der Waals surface area contributed by atoms with Crippen LogP contribution in [0.1, 0.15) is 20.8 Å². The maximum absolute atomic E-state index is 13.8. The second kappa shape index (κ2) is 6.38. The van der Waals surface area contributed by atoms with Crippen molar-refractivity contribution in [3.8, 4) is 0 Å². The van der Waals surface area contributed by atoms with Crippen molar-refractivity contribution in [2.75, 3.05) is 18.0 Å². The number of aliphatic carboxylic acids is 1. The van der Waals surface area contributed by atoms with Crippen molar-refractivity contribution in [1.29, 1.82) is 0 Å². The van der Waals surface area contributed by atoms with Gasteiger partial charge in [-0.1, -0.05) is 32.9 Å². The predicted octanol–water partition coefficient (Wildman–Crippen LogP) is 3.01. The first-order valence-corrected chi connectivity index (χ1v) is 6.14. The number of benzene rings is 1. The van der Waals surface area contributed by atoms with E-state index in [4.69, 9.17) is 5.11 Å². The molecule has 0 bridgehead atoms. The monoisotopic (exact) mass is 253 g/mol. The van der Waals surface area contributed by atoms with Crippen molar-refractivity contribution >= 4 is 11.7 Å². The Labute approximate surface area is 107 Å². The number of nitrogens with zero attached hydrogens (tertiary/aromatic N) is 1. The minimum absolute atomic E-state index is 0.310. The fourth-order valence-corrected chi connectivity index (χ4v) is 1.83. The van der Waals surface area contributed by atoms with Crippen molar-refractivity contribution in [3.63, 3.8) is 0 Å². The molecule has 1 aromatic carbocycles. The van der Waals surface area contributed by atoms with Crippen molar-refractivity contribution < 1.29 is 14.3 Å². The number of halogens is 1. The molecular formula is C14H20FNO2. The second-order valence-corrected chi connectivity index (χ2v) is 4.99. The molecule has 1 unspecified atom stereocenters. The molecule has 0 saturated heterocycles. The van der Waals surface area contributed by atoms with E-state index >= 15 is 0 Å². The summed E-state index contributed by atoms with van der Waals surface area (Å²) >= 11 is 0. The zero-order valence-electron chi connectivity index (χ0n) is 11.1. The summed E-state index contributed by atoms with van der Waals surface area (Å²) in [5, 5.41) is 8.96. The fraction of sp³-hybridized carbons (Fsp3) is 0.500. The zero-order chi connectivity index (χ0) is 13.7. The van der Waals surface area contributed by atoms with Gasteiger partial charge in [-0.3, -0.25) is 4.79 Å². The second-order valence-electron chi connectivity index (χ2n) is 4.99. The minimum atomic E-state index is -0.861. The van der Waals surface area contributed by atoms with E-state index in [9.17, 15) is 9.18 Å². The number of anilines is 1. The predicted molar refractivity (Wildman–Crippen MR) is 70.3 cm³/mol. The SMILES string of the molecule is CC(C)CN(CC(C)C(=O)O)c1ccccc1F. The van der Waals surface area contributed by atoms with Crippen LogP contribution in [-0.2, 0) is 4.79 Å². The van der Waals surface area contributed by atoms with Crippen molar-refractivity contribution in [2.45, 2.75) is 20.8 Å². The number of carbonyl (C=O) groups is 1. The molecule has 1 aromatic rings. The maximum atomic E-state index is 13.8. The number of carboxylic acid groups (broad SMARTS) is 1. The van der Waals surface area contributed by atoms with Crippen LogP contribution in [0, 0.1) is 17.7 Å². The summed E-state index contributed by atoms with van der Waals surface area (Å²) in [6, 6.07) is 6.48. The molecule has 0 aliphatic rings. The Morgan fingerprint density at radius 1 is 1.28 bits per heavy atom. The number of hydrogen-bond acceptors (Lipinski definition) is 2. The van der Waals surface area contributed by atoms with E-state index in [1.165, 1.54) is 6.07 Å². The number of rotatable bonds is 6. The summed E-state index contributed by atoms with van der Waals surface area (Å²) < 4.78 is 13.8. The largest absolute Gasteiger partial charge is 0.481 e. The first kappa shape index (κ1) is 14.5. The Balaban J connectivity index is 2.91. The molecule has 3 nitrogen and oxygen atoms in total.